The molecule has 0 atom stereocenters. The summed E-state index contributed by atoms with van der Waals surface area (Å²) in [7, 11) is 0. The van der Waals surface area contributed by atoms with Crippen LogP contribution in [0, 0.1) is 23.2 Å². The van der Waals surface area contributed by atoms with Gasteiger partial charge < -0.3 is 35.7 Å². The molecular weight excluding hydrogens is 764 g/mol. The molecule has 4 saturated carbocycles. The topological polar surface area (TPSA) is 261 Å². The SMILES string of the molecule is O=C(O)C(c1ccccc1)c1ccccc1.O=C(O)CC12CC3CC(CC(C3)C1)C2.O=C(O)CCC(=O)O.O=C(O)CCCC(=O)O.O=C(O)CCCc1ccccc1. The minimum Gasteiger partial charge on any atom is -0.481 e. The molecule has 0 aromatic heterocycles. The van der Waals surface area contributed by atoms with Gasteiger partial charge in [0, 0.05) is 19.3 Å². The molecule has 4 aliphatic rings. The third-order valence-electron chi connectivity index (χ3n) is 10.2. The summed E-state index contributed by atoms with van der Waals surface area (Å²) in [6, 6.07) is 28.5. The largest absolute Gasteiger partial charge is 0.481 e. The molecule has 59 heavy (non-hydrogen) atoms. The molecule has 320 valence electrons. The van der Waals surface area contributed by atoms with Gasteiger partial charge in [0.15, 0.2) is 0 Å². The van der Waals surface area contributed by atoms with E-state index < -0.39 is 47.7 Å². The fourth-order valence-electron chi connectivity index (χ4n) is 8.29. The van der Waals surface area contributed by atoms with Gasteiger partial charge in [0.05, 0.1) is 19.3 Å². The monoisotopic (exact) mass is 820 g/mol. The fourth-order valence-corrected chi connectivity index (χ4v) is 8.29. The predicted molar refractivity (Wildman–Crippen MR) is 216 cm³/mol. The smallest absolute Gasteiger partial charge is 0.315 e. The zero-order valence-corrected chi connectivity index (χ0v) is 33.1. The number of aliphatic carboxylic acids is 7. The third-order valence-corrected chi connectivity index (χ3v) is 10.2. The number of carbonyl (C=O) groups is 7. The van der Waals surface area contributed by atoms with Gasteiger partial charge in [-0.3, -0.25) is 33.6 Å². The Morgan fingerprint density at radius 3 is 1.12 bits per heavy atom. The van der Waals surface area contributed by atoms with E-state index in [1.165, 1.54) is 44.1 Å². The number of carboxylic acid groups (broad SMARTS) is 7. The summed E-state index contributed by atoms with van der Waals surface area (Å²) >= 11 is 0. The number of aryl methyl sites for hydroxylation is 1. The van der Waals surface area contributed by atoms with Crippen molar-refractivity contribution < 1.29 is 69.3 Å². The van der Waals surface area contributed by atoms with Crippen LogP contribution in [-0.2, 0) is 40.0 Å². The minimum atomic E-state index is -1.08. The van der Waals surface area contributed by atoms with Crippen LogP contribution in [0.25, 0.3) is 0 Å². The third kappa shape index (κ3) is 20.8. The highest BCUT2D eigenvalue weighted by atomic mass is 16.4. The Morgan fingerprint density at radius 2 is 0.797 bits per heavy atom. The Labute approximate surface area is 343 Å². The van der Waals surface area contributed by atoms with Crippen LogP contribution in [0.1, 0.15) is 112 Å². The van der Waals surface area contributed by atoms with Crippen LogP contribution in [0.3, 0.4) is 0 Å². The Hall–Kier alpha value is -6.05. The summed E-state index contributed by atoms with van der Waals surface area (Å²) < 4.78 is 0. The molecular formula is C45H56O14. The Morgan fingerprint density at radius 1 is 0.458 bits per heavy atom. The van der Waals surface area contributed by atoms with Crippen molar-refractivity contribution in [3.8, 4) is 0 Å². The summed E-state index contributed by atoms with van der Waals surface area (Å²) in [6.07, 6.45) is 9.62. The molecule has 0 saturated heterocycles. The molecule has 0 radical (unpaired) electrons. The molecule has 7 N–H and O–H groups in total. The lowest BCUT2D eigenvalue weighted by Crippen LogP contribution is -2.46. The molecule has 4 aliphatic carbocycles. The fraction of sp³-hybridized carbons (Fsp3) is 0.444. The van der Waals surface area contributed by atoms with Crippen LogP contribution in [0.15, 0.2) is 91.0 Å². The molecule has 0 amide bonds. The first-order valence-corrected chi connectivity index (χ1v) is 19.7. The highest BCUT2D eigenvalue weighted by molar-refractivity contribution is 5.80. The van der Waals surface area contributed by atoms with Gasteiger partial charge in [-0.25, -0.2) is 0 Å². The lowest BCUT2D eigenvalue weighted by atomic mass is 9.49. The predicted octanol–water partition coefficient (Wildman–Crippen LogP) is 7.94. The van der Waals surface area contributed by atoms with Crippen LogP contribution in [0.4, 0.5) is 0 Å². The lowest BCUT2D eigenvalue weighted by molar-refractivity contribution is -0.146. The van der Waals surface area contributed by atoms with Gasteiger partial charge in [0.1, 0.15) is 5.92 Å². The Balaban J connectivity index is 0.000000261. The van der Waals surface area contributed by atoms with E-state index in [2.05, 4.69) is 0 Å². The maximum atomic E-state index is 11.3. The standard InChI is InChI=1S/C14H12O2.C12H18O2.C10H12O2.C5H8O4.C4H6O4/c15-14(16)13(11-7-3-1-4-8-11)12-9-5-2-6-10-12;13-11(14)7-12-4-8-1-9(5-12)3-10(2-8)6-12;11-10(12)8-4-7-9-5-2-1-3-6-9;6-4(7)2-1-3-5(8)9;5-3(6)1-2-4(7)8/h1-10,13H,(H,15,16);8-10H,1-7H2,(H,13,14);1-3,5-6H,4,7-8H2,(H,11,12);1-3H2,(H,6,7)(H,8,9);1-2H2,(H,5,6)(H,7,8). The second-order valence-corrected chi connectivity index (χ2v) is 15.2. The molecule has 14 heteroatoms. The van der Waals surface area contributed by atoms with E-state index in [-0.39, 0.29) is 43.9 Å². The highest BCUT2D eigenvalue weighted by Crippen LogP contribution is 2.61. The van der Waals surface area contributed by atoms with E-state index in [4.69, 9.17) is 30.6 Å². The van der Waals surface area contributed by atoms with Gasteiger partial charge in [0.2, 0.25) is 0 Å². The Bertz CT molecular complexity index is 1670. The number of carboxylic acids is 7. The van der Waals surface area contributed by atoms with Crippen molar-refractivity contribution in [3.63, 3.8) is 0 Å². The first-order chi connectivity index (χ1) is 28.0. The first kappa shape index (κ1) is 49.1. The van der Waals surface area contributed by atoms with Crippen molar-refractivity contribution in [2.75, 3.05) is 0 Å². The van der Waals surface area contributed by atoms with E-state index >= 15 is 0 Å². The van der Waals surface area contributed by atoms with Gasteiger partial charge in [-0.05, 0) is 97.6 Å². The van der Waals surface area contributed by atoms with E-state index in [0.717, 1.165) is 41.7 Å². The van der Waals surface area contributed by atoms with Crippen LogP contribution in [0.2, 0.25) is 0 Å². The summed E-state index contributed by atoms with van der Waals surface area (Å²) in [5, 5.41) is 58.5. The summed E-state index contributed by atoms with van der Waals surface area (Å²) in [4.78, 5) is 71.2. The van der Waals surface area contributed by atoms with Crippen LogP contribution >= 0.6 is 0 Å². The molecule has 0 unspecified atom stereocenters. The molecule has 3 aromatic rings. The lowest BCUT2D eigenvalue weighted by Gasteiger charge is -2.56. The number of hydrogen-bond donors (Lipinski definition) is 7. The number of benzene rings is 3. The molecule has 14 nitrogen and oxygen atoms in total. The molecule has 0 aliphatic heterocycles. The molecule has 7 rings (SSSR count). The first-order valence-electron chi connectivity index (χ1n) is 19.7. The maximum absolute atomic E-state index is 11.3. The van der Waals surface area contributed by atoms with Gasteiger partial charge in [-0.15, -0.1) is 0 Å². The van der Waals surface area contributed by atoms with E-state index in [1.807, 2.05) is 91.0 Å². The van der Waals surface area contributed by atoms with Crippen molar-refractivity contribution >= 4 is 41.8 Å². The number of rotatable bonds is 16. The maximum Gasteiger partial charge on any atom is 0.315 e. The molecule has 0 heterocycles. The van der Waals surface area contributed by atoms with Crippen molar-refractivity contribution in [3.05, 3.63) is 108 Å². The van der Waals surface area contributed by atoms with Crippen LogP contribution in [-0.4, -0.2) is 77.5 Å². The van der Waals surface area contributed by atoms with Crippen LogP contribution in [0.5, 0.6) is 0 Å². The Kier molecular flexibility index (Phi) is 21.7. The minimum absolute atomic E-state index is 0.0632. The number of hydrogen-bond acceptors (Lipinski definition) is 7. The van der Waals surface area contributed by atoms with Gasteiger partial charge >= 0.3 is 41.8 Å². The quantitative estimate of drug-likeness (QED) is 0.0724. The van der Waals surface area contributed by atoms with Gasteiger partial charge in [-0.1, -0.05) is 91.0 Å². The zero-order valence-electron chi connectivity index (χ0n) is 33.1. The average Bonchev–Trinajstić information content (AvgIpc) is 3.15. The summed E-state index contributed by atoms with van der Waals surface area (Å²) in [6.45, 7) is 0. The van der Waals surface area contributed by atoms with Gasteiger partial charge in [-0.2, -0.15) is 0 Å². The highest BCUT2D eigenvalue weighted by Gasteiger charge is 2.51. The van der Waals surface area contributed by atoms with Gasteiger partial charge in [0.25, 0.3) is 0 Å². The molecule has 3 aromatic carbocycles. The van der Waals surface area contributed by atoms with Crippen molar-refractivity contribution in [2.24, 2.45) is 23.2 Å². The zero-order chi connectivity index (χ0) is 43.8. The summed E-state index contributed by atoms with van der Waals surface area (Å²) in [5.74, 6) is -4.12. The molecule has 4 bridgehead atoms. The second-order valence-electron chi connectivity index (χ2n) is 15.2. The van der Waals surface area contributed by atoms with Crippen LogP contribution < -0.4 is 0 Å². The van der Waals surface area contributed by atoms with E-state index in [9.17, 15) is 38.7 Å². The van der Waals surface area contributed by atoms with Crippen molar-refractivity contribution in [1.29, 1.82) is 0 Å². The molecule has 4 fully saturated rings. The normalized spacial score (nSPS) is 19.0. The van der Waals surface area contributed by atoms with Crippen molar-refractivity contribution in [1.82, 2.24) is 0 Å². The average molecular weight is 821 g/mol. The van der Waals surface area contributed by atoms with E-state index in [1.54, 1.807) is 0 Å². The molecule has 0 spiro atoms. The summed E-state index contributed by atoms with van der Waals surface area (Å²) in [5.41, 5.74) is 3.04. The van der Waals surface area contributed by atoms with E-state index in [0.29, 0.717) is 6.42 Å². The van der Waals surface area contributed by atoms with Crippen molar-refractivity contribution in [2.45, 2.75) is 102 Å². The second kappa shape index (κ2) is 26.1.